The van der Waals surface area contributed by atoms with Gasteiger partial charge in [-0.15, -0.1) is 0 Å². The Balaban J connectivity index is 3.92. The Bertz CT molecular complexity index is 222. The van der Waals surface area contributed by atoms with Crippen LogP contribution in [0.5, 0.6) is 0 Å². The largest absolute Gasteiger partial charge is 0.304 e. The maximum atomic E-state index is 9.11. The molecule has 0 saturated carbocycles. The highest BCUT2D eigenvalue weighted by Gasteiger charge is 2.21. The molecule has 0 aliphatic rings. The Labute approximate surface area is 101 Å². The van der Waals surface area contributed by atoms with Crippen LogP contribution in [0.25, 0.3) is 0 Å². The lowest BCUT2D eigenvalue weighted by atomic mass is 9.97. The van der Waals surface area contributed by atoms with E-state index in [-0.39, 0.29) is 5.54 Å². The summed E-state index contributed by atoms with van der Waals surface area (Å²) < 4.78 is 0. The third-order valence-corrected chi connectivity index (χ3v) is 3.34. The second-order valence-electron chi connectivity index (χ2n) is 4.82. The van der Waals surface area contributed by atoms with E-state index in [0.29, 0.717) is 6.04 Å². The summed E-state index contributed by atoms with van der Waals surface area (Å²) in [6, 6.07) is 3.00. The smallest absolute Gasteiger partial charge is 0.103 e. The molecule has 0 spiro atoms. The highest BCUT2D eigenvalue weighted by molar-refractivity contribution is 5.03. The first-order valence-corrected chi connectivity index (χ1v) is 6.35. The lowest BCUT2D eigenvalue weighted by Gasteiger charge is -2.26. The molecule has 2 atom stereocenters. The lowest BCUT2D eigenvalue weighted by molar-refractivity contribution is 0.239. The maximum absolute atomic E-state index is 9.11. The van der Waals surface area contributed by atoms with E-state index in [1.807, 2.05) is 13.8 Å². The molecule has 0 bridgehead atoms. The molecule has 0 rings (SSSR count). The SMILES string of the molecule is CCNC(C)(C#N)CCCN(C)C(C)CC. The summed E-state index contributed by atoms with van der Waals surface area (Å²) in [6.45, 7) is 10.4. The van der Waals surface area contributed by atoms with E-state index < -0.39 is 0 Å². The minimum atomic E-state index is -0.356. The topological polar surface area (TPSA) is 39.1 Å². The van der Waals surface area contributed by atoms with Gasteiger partial charge in [0.15, 0.2) is 0 Å². The zero-order chi connectivity index (χ0) is 12.6. The predicted molar refractivity (Wildman–Crippen MR) is 69.3 cm³/mol. The predicted octanol–water partition coefficient (Wildman–Crippen LogP) is 2.39. The van der Waals surface area contributed by atoms with Crippen LogP contribution in [-0.2, 0) is 0 Å². The molecule has 0 aromatic heterocycles. The quantitative estimate of drug-likeness (QED) is 0.689. The van der Waals surface area contributed by atoms with Gasteiger partial charge in [0.05, 0.1) is 6.07 Å². The molecule has 0 radical (unpaired) electrons. The van der Waals surface area contributed by atoms with Crippen molar-refractivity contribution in [2.24, 2.45) is 0 Å². The van der Waals surface area contributed by atoms with E-state index >= 15 is 0 Å². The monoisotopic (exact) mass is 225 g/mol. The van der Waals surface area contributed by atoms with Gasteiger partial charge in [-0.05, 0) is 53.2 Å². The van der Waals surface area contributed by atoms with Crippen LogP contribution in [0.4, 0.5) is 0 Å². The van der Waals surface area contributed by atoms with Crippen LogP contribution in [0.15, 0.2) is 0 Å². The van der Waals surface area contributed by atoms with Crippen LogP contribution in [0.2, 0.25) is 0 Å². The van der Waals surface area contributed by atoms with Gasteiger partial charge in [0.1, 0.15) is 5.54 Å². The number of hydrogen-bond donors (Lipinski definition) is 1. The molecule has 0 aliphatic carbocycles. The van der Waals surface area contributed by atoms with E-state index in [0.717, 1.165) is 25.9 Å². The fourth-order valence-electron chi connectivity index (χ4n) is 1.79. The van der Waals surface area contributed by atoms with Gasteiger partial charge in [0, 0.05) is 6.04 Å². The first kappa shape index (κ1) is 15.4. The first-order valence-electron chi connectivity index (χ1n) is 6.35. The standard InChI is InChI=1S/C13H27N3/c1-6-12(3)16(5)10-8-9-13(4,11-14)15-7-2/h12,15H,6-10H2,1-5H3. The molecule has 16 heavy (non-hydrogen) atoms. The van der Waals surface area contributed by atoms with Crippen LogP contribution in [0, 0.1) is 11.3 Å². The summed E-state index contributed by atoms with van der Waals surface area (Å²) in [5.74, 6) is 0. The van der Waals surface area contributed by atoms with E-state index in [2.05, 4.69) is 37.2 Å². The molecule has 3 nitrogen and oxygen atoms in total. The van der Waals surface area contributed by atoms with Crippen molar-refractivity contribution in [3.8, 4) is 6.07 Å². The Morgan fingerprint density at radius 1 is 1.44 bits per heavy atom. The molecule has 3 heteroatoms. The van der Waals surface area contributed by atoms with Crippen LogP contribution in [-0.4, -0.2) is 36.6 Å². The average molecular weight is 225 g/mol. The van der Waals surface area contributed by atoms with Crippen LogP contribution in [0.1, 0.15) is 47.0 Å². The highest BCUT2D eigenvalue weighted by atomic mass is 15.1. The minimum Gasteiger partial charge on any atom is -0.304 e. The molecule has 0 heterocycles. The van der Waals surface area contributed by atoms with Crippen LogP contribution >= 0.6 is 0 Å². The number of nitrogens with zero attached hydrogens (tertiary/aromatic N) is 2. The fraction of sp³-hybridized carbons (Fsp3) is 0.923. The third-order valence-electron chi connectivity index (χ3n) is 3.34. The van der Waals surface area contributed by atoms with Gasteiger partial charge >= 0.3 is 0 Å². The van der Waals surface area contributed by atoms with Gasteiger partial charge in [-0.25, -0.2) is 0 Å². The van der Waals surface area contributed by atoms with Gasteiger partial charge in [-0.1, -0.05) is 13.8 Å². The van der Waals surface area contributed by atoms with Crippen molar-refractivity contribution in [2.45, 2.75) is 58.5 Å². The molecule has 0 aromatic rings. The summed E-state index contributed by atoms with van der Waals surface area (Å²) in [7, 11) is 2.16. The first-order chi connectivity index (χ1) is 7.49. The second-order valence-corrected chi connectivity index (χ2v) is 4.82. The minimum absolute atomic E-state index is 0.356. The van der Waals surface area contributed by atoms with E-state index in [4.69, 9.17) is 5.26 Å². The van der Waals surface area contributed by atoms with E-state index in [1.165, 1.54) is 6.42 Å². The number of nitriles is 1. The number of hydrogen-bond acceptors (Lipinski definition) is 3. The van der Waals surface area contributed by atoms with Gasteiger partial charge in [0.25, 0.3) is 0 Å². The molecule has 2 unspecified atom stereocenters. The summed E-state index contributed by atoms with van der Waals surface area (Å²) in [5.41, 5.74) is -0.356. The molecule has 0 aliphatic heterocycles. The van der Waals surface area contributed by atoms with Crippen molar-refractivity contribution in [2.75, 3.05) is 20.1 Å². The van der Waals surface area contributed by atoms with Crippen molar-refractivity contribution < 1.29 is 0 Å². The van der Waals surface area contributed by atoms with Gasteiger partial charge in [-0.3, -0.25) is 5.32 Å². The fourth-order valence-corrected chi connectivity index (χ4v) is 1.79. The molecule has 0 aromatic carbocycles. The van der Waals surface area contributed by atoms with Crippen molar-refractivity contribution in [1.82, 2.24) is 10.2 Å². The van der Waals surface area contributed by atoms with Crippen molar-refractivity contribution in [3.63, 3.8) is 0 Å². The Morgan fingerprint density at radius 2 is 2.06 bits per heavy atom. The molecule has 0 saturated heterocycles. The zero-order valence-electron chi connectivity index (χ0n) is 11.5. The summed E-state index contributed by atoms with van der Waals surface area (Å²) in [6.07, 6.45) is 3.16. The summed E-state index contributed by atoms with van der Waals surface area (Å²) in [4.78, 5) is 2.36. The third kappa shape index (κ3) is 5.48. The zero-order valence-corrected chi connectivity index (χ0v) is 11.5. The van der Waals surface area contributed by atoms with Crippen LogP contribution < -0.4 is 5.32 Å². The van der Waals surface area contributed by atoms with Crippen molar-refractivity contribution in [1.29, 1.82) is 5.26 Å². The maximum Gasteiger partial charge on any atom is 0.103 e. The van der Waals surface area contributed by atoms with E-state index in [1.54, 1.807) is 0 Å². The second kappa shape index (κ2) is 7.65. The molecule has 0 fully saturated rings. The van der Waals surface area contributed by atoms with Crippen molar-refractivity contribution in [3.05, 3.63) is 0 Å². The van der Waals surface area contributed by atoms with Crippen LogP contribution in [0.3, 0.4) is 0 Å². The Kier molecular flexibility index (Phi) is 7.36. The molecule has 94 valence electrons. The molecular weight excluding hydrogens is 198 g/mol. The molecule has 0 amide bonds. The highest BCUT2D eigenvalue weighted by Crippen LogP contribution is 2.12. The van der Waals surface area contributed by atoms with Gasteiger partial charge in [0.2, 0.25) is 0 Å². The average Bonchev–Trinajstić information content (AvgIpc) is 2.28. The Morgan fingerprint density at radius 3 is 2.50 bits per heavy atom. The normalized spacial score (nSPS) is 16.8. The molecular formula is C13H27N3. The molecule has 1 N–H and O–H groups in total. The van der Waals surface area contributed by atoms with Gasteiger partial charge in [-0.2, -0.15) is 5.26 Å². The summed E-state index contributed by atoms with van der Waals surface area (Å²) >= 11 is 0. The summed E-state index contributed by atoms with van der Waals surface area (Å²) in [5, 5.41) is 12.4. The van der Waals surface area contributed by atoms with Gasteiger partial charge < -0.3 is 4.90 Å². The van der Waals surface area contributed by atoms with Crippen molar-refractivity contribution >= 4 is 0 Å². The lowest BCUT2D eigenvalue weighted by Crippen LogP contribution is -2.41. The number of nitrogens with one attached hydrogen (secondary N) is 1. The number of rotatable bonds is 8. The Hall–Kier alpha value is -0.590. The van der Waals surface area contributed by atoms with E-state index in [9.17, 15) is 0 Å².